The Labute approximate surface area is 184 Å². The van der Waals surface area contributed by atoms with Crippen LogP contribution < -0.4 is 10.6 Å². The van der Waals surface area contributed by atoms with Gasteiger partial charge in [-0.05, 0) is 32.0 Å². The zero-order valence-electron chi connectivity index (χ0n) is 17.0. The summed E-state index contributed by atoms with van der Waals surface area (Å²) >= 11 is 1.27. The molecule has 0 bridgehead atoms. The standard InChI is InChI=1S/C20H18F3N7OS/c1-3-30-10-27-14-8-24-13(6-15(14)30)18(31)28-11(2)16-9-26-19(32-16)29-12-4-5-17(25-7-12)20(21,22)23/h4-11H,3H2,1-2H3,(H,26,29)(H,28,31). The molecular formula is C20H18F3N7OS. The van der Waals surface area contributed by atoms with Crippen molar-refractivity contribution >= 4 is 39.1 Å². The summed E-state index contributed by atoms with van der Waals surface area (Å²) in [6, 6.07) is 3.53. The van der Waals surface area contributed by atoms with Crippen LogP contribution in [0.3, 0.4) is 0 Å². The van der Waals surface area contributed by atoms with Crippen LogP contribution in [0.5, 0.6) is 0 Å². The van der Waals surface area contributed by atoms with Crippen molar-refractivity contribution < 1.29 is 18.0 Å². The second-order valence-electron chi connectivity index (χ2n) is 6.91. The predicted molar refractivity (Wildman–Crippen MR) is 114 cm³/mol. The molecular weight excluding hydrogens is 443 g/mol. The molecule has 0 aliphatic heterocycles. The number of hydrogen-bond donors (Lipinski definition) is 2. The van der Waals surface area contributed by atoms with Crippen LogP contribution >= 0.6 is 11.3 Å². The van der Waals surface area contributed by atoms with Gasteiger partial charge in [-0.2, -0.15) is 13.2 Å². The molecule has 8 nitrogen and oxygen atoms in total. The highest BCUT2D eigenvalue weighted by atomic mass is 32.1. The van der Waals surface area contributed by atoms with E-state index in [1.807, 2.05) is 18.4 Å². The number of nitrogens with zero attached hydrogens (tertiary/aromatic N) is 5. The fraction of sp³-hybridized carbons (Fsp3) is 0.250. The Morgan fingerprint density at radius 2 is 1.97 bits per heavy atom. The van der Waals surface area contributed by atoms with Crippen molar-refractivity contribution in [2.45, 2.75) is 32.6 Å². The van der Waals surface area contributed by atoms with Gasteiger partial charge in [-0.1, -0.05) is 11.3 Å². The lowest BCUT2D eigenvalue weighted by Crippen LogP contribution is -2.26. The van der Waals surface area contributed by atoms with E-state index in [9.17, 15) is 18.0 Å². The number of aryl methyl sites for hydroxylation is 1. The van der Waals surface area contributed by atoms with E-state index < -0.39 is 11.9 Å². The zero-order valence-corrected chi connectivity index (χ0v) is 17.8. The number of hydrogen-bond acceptors (Lipinski definition) is 7. The third-order valence-electron chi connectivity index (χ3n) is 4.68. The summed E-state index contributed by atoms with van der Waals surface area (Å²) in [5.74, 6) is -0.335. The Morgan fingerprint density at radius 1 is 1.16 bits per heavy atom. The van der Waals surface area contributed by atoms with E-state index in [4.69, 9.17) is 0 Å². The molecule has 12 heteroatoms. The third kappa shape index (κ3) is 4.54. The summed E-state index contributed by atoms with van der Waals surface area (Å²) in [5.41, 5.74) is 1.23. The first-order chi connectivity index (χ1) is 15.2. The van der Waals surface area contributed by atoms with Crippen LogP contribution in [0.2, 0.25) is 0 Å². The predicted octanol–water partition coefficient (Wildman–Crippen LogP) is 4.56. The molecule has 0 aliphatic rings. The lowest BCUT2D eigenvalue weighted by Gasteiger charge is -2.11. The maximum absolute atomic E-state index is 12.7. The molecule has 0 aromatic carbocycles. The number of pyridine rings is 2. The van der Waals surface area contributed by atoms with Crippen LogP contribution in [0.25, 0.3) is 11.0 Å². The lowest BCUT2D eigenvalue weighted by atomic mass is 10.2. The zero-order chi connectivity index (χ0) is 22.9. The fourth-order valence-corrected chi connectivity index (χ4v) is 3.82. The van der Waals surface area contributed by atoms with Crippen LogP contribution in [0.4, 0.5) is 24.0 Å². The summed E-state index contributed by atoms with van der Waals surface area (Å²) in [4.78, 5) is 29.5. The van der Waals surface area contributed by atoms with Crippen LogP contribution in [0.15, 0.2) is 43.1 Å². The molecule has 1 unspecified atom stereocenters. The van der Waals surface area contributed by atoms with Crippen LogP contribution in [0, 0.1) is 0 Å². The minimum atomic E-state index is -4.49. The van der Waals surface area contributed by atoms with E-state index in [0.29, 0.717) is 16.3 Å². The van der Waals surface area contributed by atoms with Crippen molar-refractivity contribution in [3.05, 3.63) is 59.4 Å². The number of alkyl halides is 3. The maximum atomic E-state index is 12.7. The summed E-state index contributed by atoms with van der Waals surface area (Å²) in [5, 5.41) is 6.26. The number of nitrogens with one attached hydrogen (secondary N) is 2. The molecule has 0 saturated carbocycles. The van der Waals surface area contributed by atoms with E-state index in [0.717, 1.165) is 29.2 Å². The molecule has 0 fully saturated rings. The van der Waals surface area contributed by atoms with Gasteiger partial charge in [0.2, 0.25) is 0 Å². The largest absolute Gasteiger partial charge is 0.433 e. The van der Waals surface area contributed by atoms with Gasteiger partial charge in [0, 0.05) is 17.6 Å². The number of aromatic nitrogens is 5. The highest BCUT2D eigenvalue weighted by Gasteiger charge is 2.32. The Kier molecular flexibility index (Phi) is 5.78. The number of thiazole rings is 1. The molecule has 4 aromatic rings. The quantitative estimate of drug-likeness (QED) is 0.437. The van der Waals surface area contributed by atoms with Crippen LogP contribution in [-0.4, -0.2) is 30.4 Å². The normalized spacial score (nSPS) is 12.7. The first kappa shape index (κ1) is 21.7. The smallest absolute Gasteiger partial charge is 0.343 e. The highest BCUT2D eigenvalue weighted by molar-refractivity contribution is 7.15. The van der Waals surface area contributed by atoms with Gasteiger partial charge < -0.3 is 15.2 Å². The van der Waals surface area contributed by atoms with E-state index in [2.05, 4.69) is 30.6 Å². The average molecular weight is 461 g/mol. The Bertz CT molecular complexity index is 1250. The Balaban J connectivity index is 1.42. The van der Waals surface area contributed by atoms with Gasteiger partial charge in [0.25, 0.3) is 5.91 Å². The highest BCUT2D eigenvalue weighted by Crippen LogP contribution is 2.30. The van der Waals surface area contributed by atoms with Crippen molar-refractivity contribution in [1.82, 2.24) is 29.8 Å². The molecule has 4 aromatic heterocycles. The van der Waals surface area contributed by atoms with E-state index in [1.165, 1.54) is 17.4 Å². The van der Waals surface area contributed by atoms with Crippen molar-refractivity contribution in [3.63, 3.8) is 0 Å². The fourth-order valence-electron chi connectivity index (χ4n) is 2.98. The second kappa shape index (κ2) is 8.54. The molecule has 0 aliphatic carbocycles. The molecule has 1 atom stereocenters. The minimum absolute atomic E-state index is 0.276. The van der Waals surface area contributed by atoms with Gasteiger partial charge in [0.05, 0.1) is 36.0 Å². The number of carbonyl (C=O) groups excluding carboxylic acids is 1. The summed E-state index contributed by atoms with van der Waals surface area (Å²) < 4.78 is 39.8. The van der Waals surface area contributed by atoms with Crippen LogP contribution in [0.1, 0.15) is 40.9 Å². The number of amides is 1. The Hall–Kier alpha value is -3.54. The number of carbonyl (C=O) groups is 1. The summed E-state index contributed by atoms with van der Waals surface area (Å²) in [6.45, 7) is 4.52. The number of halogens is 3. The lowest BCUT2D eigenvalue weighted by molar-refractivity contribution is -0.141. The van der Waals surface area contributed by atoms with Crippen molar-refractivity contribution in [2.75, 3.05) is 5.32 Å². The molecule has 4 rings (SSSR count). The molecule has 166 valence electrons. The van der Waals surface area contributed by atoms with Crippen molar-refractivity contribution in [1.29, 1.82) is 0 Å². The monoisotopic (exact) mass is 461 g/mol. The number of rotatable bonds is 6. The first-order valence-corrected chi connectivity index (χ1v) is 10.4. The molecule has 0 radical (unpaired) electrons. The number of anilines is 2. The van der Waals surface area contributed by atoms with E-state index >= 15 is 0 Å². The first-order valence-electron chi connectivity index (χ1n) is 9.62. The average Bonchev–Trinajstić information content (AvgIpc) is 3.39. The Morgan fingerprint density at radius 3 is 2.66 bits per heavy atom. The topological polar surface area (TPSA) is 97.6 Å². The SMILES string of the molecule is CCn1cnc2cnc(C(=O)NC(C)c3cnc(Nc4ccc(C(F)(F)F)nc4)s3)cc21. The van der Waals surface area contributed by atoms with Crippen molar-refractivity contribution in [3.8, 4) is 0 Å². The molecule has 0 saturated heterocycles. The van der Waals surface area contributed by atoms with Gasteiger partial charge in [-0.3, -0.25) is 4.79 Å². The summed E-state index contributed by atoms with van der Waals surface area (Å²) in [7, 11) is 0. The van der Waals surface area contributed by atoms with Crippen LogP contribution in [-0.2, 0) is 12.7 Å². The van der Waals surface area contributed by atoms with Gasteiger partial charge in [-0.25, -0.2) is 19.9 Å². The van der Waals surface area contributed by atoms with Gasteiger partial charge >= 0.3 is 6.18 Å². The minimum Gasteiger partial charge on any atom is -0.343 e. The number of fused-ring (bicyclic) bond motifs is 1. The molecule has 1 amide bonds. The van der Waals surface area contributed by atoms with Crippen molar-refractivity contribution in [2.24, 2.45) is 0 Å². The molecule has 2 N–H and O–H groups in total. The third-order valence-corrected chi connectivity index (χ3v) is 5.78. The maximum Gasteiger partial charge on any atom is 0.433 e. The number of imidazole rings is 1. The van der Waals surface area contributed by atoms with Gasteiger partial charge in [0.1, 0.15) is 16.9 Å². The van der Waals surface area contributed by atoms with Gasteiger partial charge in [0.15, 0.2) is 5.13 Å². The molecule has 0 spiro atoms. The molecule has 4 heterocycles. The molecule has 32 heavy (non-hydrogen) atoms. The van der Waals surface area contributed by atoms with Gasteiger partial charge in [-0.15, -0.1) is 0 Å². The van der Waals surface area contributed by atoms with E-state index in [1.54, 1.807) is 24.8 Å². The van der Waals surface area contributed by atoms with E-state index in [-0.39, 0.29) is 17.6 Å². The second-order valence-corrected chi connectivity index (χ2v) is 7.97. The summed E-state index contributed by atoms with van der Waals surface area (Å²) in [6.07, 6.45) is 1.47.